The lowest BCUT2D eigenvalue weighted by molar-refractivity contribution is 0.0342. The number of amides is 1. The lowest BCUT2D eigenvalue weighted by Gasteiger charge is -2.26. The summed E-state index contributed by atoms with van der Waals surface area (Å²) in [5.41, 5.74) is 5.71. The van der Waals surface area contributed by atoms with E-state index in [9.17, 15) is 4.79 Å². The van der Waals surface area contributed by atoms with Gasteiger partial charge in [-0.3, -0.25) is 14.8 Å². The smallest absolute Gasteiger partial charge is 0.253 e. The Morgan fingerprint density at radius 3 is 2.73 bits per heavy atom. The number of morpholine rings is 1. The molecule has 1 fully saturated rings. The summed E-state index contributed by atoms with van der Waals surface area (Å²) in [5, 5.41) is 9.75. The number of aromatic amines is 2. The molecule has 154 valence electrons. The molecule has 0 aliphatic carbocycles. The molecule has 2 N–H and O–H groups in total. The van der Waals surface area contributed by atoms with Crippen LogP contribution in [0.25, 0.3) is 33.2 Å². The topological polar surface area (TPSA) is 77.2 Å². The number of nitrogens with zero attached hydrogens (tertiary/aromatic N) is 3. The van der Waals surface area contributed by atoms with E-state index in [2.05, 4.69) is 44.3 Å². The second kappa shape index (κ2) is 7.59. The molecule has 3 heterocycles. The summed E-state index contributed by atoms with van der Waals surface area (Å²) in [4.78, 5) is 19.7. The Balaban J connectivity index is 1.45. The van der Waals surface area contributed by atoms with Crippen LogP contribution in [0.1, 0.15) is 15.9 Å². The molecule has 0 atom stereocenters. The van der Waals surface area contributed by atoms with Gasteiger partial charge in [0, 0.05) is 55.6 Å². The number of fused-ring (bicyclic) bond motifs is 2. The summed E-state index contributed by atoms with van der Waals surface area (Å²) in [6.45, 7) is 4.52. The van der Waals surface area contributed by atoms with Crippen molar-refractivity contribution in [1.82, 2.24) is 25.0 Å². The van der Waals surface area contributed by atoms with E-state index in [1.807, 2.05) is 18.2 Å². The van der Waals surface area contributed by atoms with Gasteiger partial charge < -0.3 is 14.6 Å². The average Bonchev–Trinajstić information content (AvgIpc) is 3.36. The van der Waals surface area contributed by atoms with Crippen molar-refractivity contribution >= 4 is 27.7 Å². The number of carbonyl (C=O) groups is 1. The maximum absolute atomic E-state index is 12.2. The molecule has 7 heteroatoms. The van der Waals surface area contributed by atoms with Crippen LogP contribution in [-0.2, 0) is 11.3 Å². The fourth-order valence-electron chi connectivity index (χ4n) is 4.04. The maximum Gasteiger partial charge on any atom is 0.253 e. The fourth-order valence-corrected chi connectivity index (χ4v) is 4.04. The van der Waals surface area contributed by atoms with E-state index >= 15 is 0 Å². The standard InChI is InChI=1S/C23H25N5O2/c1-27(2)23(29)16-4-5-18-20(12-16)25-26-22(18)21-13-17-11-15(3-6-19(17)24-21)14-28-7-9-30-10-8-28/h3-6,11-13,24H,7-10,14H2,1-2H3,(H,25,26). The van der Waals surface area contributed by atoms with E-state index in [4.69, 9.17) is 4.74 Å². The maximum atomic E-state index is 12.2. The van der Waals surface area contributed by atoms with Gasteiger partial charge >= 0.3 is 0 Å². The molecular formula is C23H25N5O2. The Kier molecular flexibility index (Phi) is 4.77. The van der Waals surface area contributed by atoms with E-state index in [0.29, 0.717) is 5.56 Å². The number of aromatic nitrogens is 3. The van der Waals surface area contributed by atoms with E-state index < -0.39 is 0 Å². The Labute approximate surface area is 174 Å². The predicted octanol–water partition coefficient (Wildman–Crippen LogP) is 3.25. The van der Waals surface area contributed by atoms with Gasteiger partial charge in [-0.1, -0.05) is 6.07 Å². The quantitative estimate of drug-likeness (QED) is 0.548. The normalized spacial score (nSPS) is 15.1. The molecule has 30 heavy (non-hydrogen) atoms. The number of carbonyl (C=O) groups excluding carboxylic acids is 1. The summed E-state index contributed by atoms with van der Waals surface area (Å²) < 4.78 is 5.44. The number of benzene rings is 2. The Morgan fingerprint density at radius 1 is 1.10 bits per heavy atom. The zero-order valence-corrected chi connectivity index (χ0v) is 17.2. The van der Waals surface area contributed by atoms with Crippen molar-refractivity contribution < 1.29 is 9.53 Å². The molecule has 2 aromatic heterocycles. The molecule has 1 aliphatic heterocycles. The second-order valence-electron chi connectivity index (χ2n) is 8.03. The van der Waals surface area contributed by atoms with Gasteiger partial charge in [-0.05, 0) is 42.0 Å². The van der Waals surface area contributed by atoms with Crippen molar-refractivity contribution in [1.29, 1.82) is 0 Å². The van der Waals surface area contributed by atoms with Gasteiger partial charge in [0.2, 0.25) is 0 Å². The molecule has 1 aliphatic rings. The molecule has 7 nitrogen and oxygen atoms in total. The number of hydrogen-bond acceptors (Lipinski definition) is 4. The SMILES string of the molecule is CN(C)C(=O)c1ccc2c(-c3cc4cc(CN5CCOCC5)ccc4[nH]3)n[nH]c2c1. The lowest BCUT2D eigenvalue weighted by Crippen LogP contribution is -2.35. The van der Waals surface area contributed by atoms with E-state index in [-0.39, 0.29) is 5.91 Å². The Bertz CT molecular complexity index is 1220. The third-order valence-electron chi connectivity index (χ3n) is 5.67. The molecule has 0 spiro atoms. The van der Waals surface area contributed by atoms with Gasteiger partial charge in [0.05, 0.1) is 24.4 Å². The van der Waals surface area contributed by atoms with Crippen LogP contribution in [0.4, 0.5) is 0 Å². The van der Waals surface area contributed by atoms with Crippen LogP contribution in [0.5, 0.6) is 0 Å². The summed E-state index contributed by atoms with van der Waals surface area (Å²) in [5.74, 6) is -0.0218. The third kappa shape index (κ3) is 3.46. The first kappa shape index (κ1) is 18.8. The average molecular weight is 403 g/mol. The highest BCUT2D eigenvalue weighted by Crippen LogP contribution is 2.30. The molecule has 5 rings (SSSR count). The first-order valence-electron chi connectivity index (χ1n) is 10.2. The van der Waals surface area contributed by atoms with Crippen LogP contribution in [-0.4, -0.2) is 71.3 Å². The van der Waals surface area contributed by atoms with Gasteiger partial charge in [0.25, 0.3) is 5.91 Å². The highest BCUT2D eigenvalue weighted by Gasteiger charge is 2.15. The summed E-state index contributed by atoms with van der Waals surface area (Å²) >= 11 is 0. The fraction of sp³-hybridized carbons (Fsp3) is 0.304. The first-order valence-corrected chi connectivity index (χ1v) is 10.2. The zero-order chi connectivity index (χ0) is 20.7. The van der Waals surface area contributed by atoms with Crippen LogP contribution in [0.3, 0.4) is 0 Å². The van der Waals surface area contributed by atoms with Gasteiger partial charge in [-0.25, -0.2) is 0 Å². The summed E-state index contributed by atoms with van der Waals surface area (Å²) in [7, 11) is 3.51. The molecule has 1 amide bonds. The zero-order valence-electron chi connectivity index (χ0n) is 17.2. The molecule has 2 aromatic carbocycles. The van der Waals surface area contributed by atoms with Crippen LogP contribution in [0.2, 0.25) is 0 Å². The van der Waals surface area contributed by atoms with E-state index in [0.717, 1.165) is 60.7 Å². The number of hydrogen-bond donors (Lipinski definition) is 2. The van der Waals surface area contributed by atoms with Crippen molar-refractivity contribution in [2.24, 2.45) is 0 Å². The van der Waals surface area contributed by atoms with Crippen molar-refractivity contribution in [3.63, 3.8) is 0 Å². The number of H-pyrrole nitrogens is 2. The molecule has 0 unspecified atom stereocenters. The highest BCUT2D eigenvalue weighted by molar-refractivity contribution is 6.01. The van der Waals surface area contributed by atoms with Crippen LogP contribution in [0.15, 0.2) is 42.5 Å². The van der Waals surface area contributed by atoms with Crippen LogP contribution < -0.4 is 0 Å². The van der Waals surface area contributed by atoms with Gasteiger partial charge in [-0.2, -0.15) is 5.10 Å². The minimum absolute atomic E-state index is 0.0218. The molecule has 1 saturated heterocycles. The monoisotopic (exact) mass is 403 g/mol. The summed E-state index contributed by atoms with van der Waals surface area (Å²) in [6, 6.07) is 14.4. The number of nitrogens with one attached hydrogen (secondary N) is 2. The first-order chi connectivity index (χ1) is 14.6. The van der Waals surface area contributed by atoms with Gasteiger partial charge in [-0.15, -0.1) is 0 Å². The minimum Gasteiger partial charge on any atom is -0.379 e. The van der Waals surface area contributed by atoms with Crippen LogP contribution in [0, 0.1) is 0 Å². The largest absolute Gasteiger partial charge is 0.379 e. The summed E-state index contributed by atoms with van der Waals surface area (Å²) in [6.07, 6.45) is 0. The van der Waals surface area contributed by atoms with Crippen molar-refractivity contribution in [3.8, 4) is 11.4 Å². The second-order valence-corrected chi connectivity index (χ2v) is 8.03. The van der Waals surface area contributed by atoms with Gasteiger partial charge in [0.1, 0.15) is 5.69 Å². The number of ether oxygens (including phenoxy) is 1. The highest BCUT2D eigenvalue weighted by atomic mass is 16.5. The Hall–Kier alpha value is -3.16. The van der Waals surface area contributed by atoms with Crippen LogP contribution >= 0.6 is 0 Å². The minimum atomic E-state index is -0.0218. The molecule has 0 radical (unpaired) electrons. The number of rotatable bonds is 4. The van der Waals surface area contributed by atoms with Crippen molar-refractivity contribution in [2.75, 3.05) is 40.4 Å². The van der Waals surface area contributed by atoms with Gasteiger partial charge in [0.15, 0.2) is 0 Å². The molecule has 4 aromatic rings. The Morgan fingerprint density at radius 2 is 1.93 bits per heavy atom. The molecular weight excluding hydrogens is 378 g/mol. The molecule has 0 saturated carbocycles. The van der Waals surface area contributed by atoms with E-state index in [1.54, 1.807) is 19.0 Å². The lowest BCUT2D eigenvalue weighted by atomic mass is 10.1. The third-order valence-corrected chi connectivity index (χ3v) is 5.67. The predicted molar refractivity (Wildman–Crippen MR) is 117 cm³/mol. The van der Waals surface area contributed by atoms with E-state index in [1.165, 1.54) is 10.9 Å². The van der Waals surface area contributed by atoms with Crippen molar-refractivity contribution in [3.05, 3.63) is 53.6 Å². The molecule has 0 bridgehead atoms. The van der Waals surface area contributed by atoms with Crippen molar-refractivity contribution in [2.45, 2.75) is 6.54 Å².